The van der Waals surface area contributed by atoms with Gasteiger partial charge in [0, 0.05) is 17.8 Å². The largest absolute Gasteiger partial charge is 0.314 e. The van der Waals surface area contributed by atoms with E-state index in [2.05, 4.69) is 56.6 Å². The number of nitrogens with one attached hydrogen (secondary N) is 1. The lowest BCUT2D eigenvalue weighted by Gasteiger charge is -2.10. The van der Waals surface area contributed by atoms with E-state index in [1.807, 2.05) is 0 Å². The van der Waals surface area contributed by atoms with Gasteiger partial charge in [0.05, 0.1) is 5.69 Å². The molecule has 16 heavy (non-hydrogen) atoms. The normalized spacial score (nSPS) is 11.8. The van der Waals surface area contributed by atoms with Gasteiger partial charge in [0.25, 0.3) is 0 Å². The van der Waals surface area contributed by atoms with Crippen molar-refractivity contribution < 1.29 is 0 Å². The van der Waals surface area contributed by atoms with E-state index < -0.39 is 0 Å². The van der Waals surface area contributed by atoms with E-state index in [-0.39, 0.29) is 0 Å². The van der Waals surface area contributed by atoms with Gasteiger partial charge >= 0.3 is 0 Å². The first kappa shape index (κ1) is 13.2. The Morgan fingerprint density at radius 2 is 1.81 bits per heavy atom. The predicted octanol–water partition coefficient (Wildman–Crippen LogP) is 2.62. The van der Waals surface area contributed by atoms with E-state index in [1.165, 1.54) is 17.0 Å². The van der Waals surface area contributed by atoms with E-state index >= 15 is 0 Å². The van der Waals surface area contributed by atoms with Crippen molar-refractivity contribution in [3.05, 3.63) is 17.0 Å². The Bertz CT molecular complexity index is 337. The van der Waals surface area contributed by atoms with Crippen LogP contribution in [0.5, 0.6) is 0 Å². The number of hydrogen-bond acceptors (Lipinski definition) is 2. The third-order valence-corrected chi connectivity index (χ3v) is 2.89. The number of rotatable bonds is 5. The zero-order valence-corrected chi connectivity index (χ0v) is 11.5. The summed E-state index contributed by atoms with van der Waals surface area (Å²) in [6.07, 6.45) is 1.07. The van der Waals surface area contributed by atoms with Crippen LogP contribution in [0.1, 0.15) is 50.7 Å². The van der Waals surface area contributed by atoms with Gasteiger partial charge in [-0.2, -0.15) is 5.10 Å². The van der Waals surface area contributed by atoms with Gasteiger partial charge in [-0.15, -0.1) is 0 Å². The number of aryl methyl sites for hydroxylation is 1. The summed E-state index contributed by atoms with van der Waals surface area (Å²) in [7, 11) is 0. The summed E-state index contributed by atoms with van der Waals surface area (Å²) in [5.41, 5.74) is 3.90. The maximum Gasteiger partial charge on any atom is 0.0629 e. The number of hydrogen-bond donors (Lipinski definition) is 1. The number of aromatic nitrogens is 2. The lowest BCUT2D eigenvalue weighted by molar-refractivity contribution is 0.515. The van der Waals surface area contributed by atoms with Gasteiger partial charge in [0.2, 0.25) is 0 Å². The van der Waals surface area contributed by atoms with Crippen LogP contribution in [0.15, 0.2) is 0 Å². The predicted molar refractivity (Wildman–Crippen MR) is 68.9 cm³/mol. The van der Waals surface area contributed by atoms with Crippen molar-refractivity contribution in [2.45, 2.75) is 60.0 Å². The molecule has 1 aromatic rings. The highest BCUT2D eigenvalue weighted by molar-refractivity contribution is 5.25. The Labute approximate surface area is 99.2 Å². The van der Waals surface area contributed by atoms with Crippen molar-refractivity contribution in [3.63, 3.8) is 0 Å². The van der Waals surface area contributed by atoms with Crippen LogP contribution < -0.4 is 5.32 Å². The molecule has 0 atom stereocenters. The molecule has 1 N–H and O–H groups in total. The first-order chi connectivity index (χ1) is 7.43. The molecule has 0 aliphatic heterocycles. The van der Waals surface area contributed by atoms with Crippen LogP contribution in [0.2, 0.25) is 0 Å². The quantitative estimate of drug-likeness (QED) is 0.831. The molecule has 0 aromatic carbocycles. The van der Waals surface area contributed by atoms with Crippen LogP contribution >= 0.6 is 0 Å². The lowest BCUT2D eigenvalue weighted by Crippen LogP contribution is -2.25. The van der Waals surface area contributed by atoms with Gasteiger partial charge in [0.1, 0.15) is 0 Å². The van der Waals surface area contributed by atoms with Gasteiger partial charge in [0.15, 0.2) is 0 Å². The molecule has 0 bridgehead atoms. The fourth-order valence-electron chi connectivity index (χ4n) is 2.05. The van der Waals surface area contributed by atoms with Crippen LogP contribution in [0, 0.1) is 13.8 Å². The van der Waals surface area contributed by atoms with E-state index in [0.717, 1.165) is 13.0 Å². The van der Waals surface area contributed by atoms with E-state index in [9.17, 15) is 0 Å². The molecule has 0 fully saturated rings. The maximum absolute atomic E-state index is 4.60. The standard InChI is InChI=1S/C13H25N3/c1-9(2)14-8-7-13-11(5)15-16(10(3)4)12(13)6/h9-10,14H,7-8H2,1-6H3. The SMILES string of the molecule is Cc1nn(C(C)C)c(C)c1CCNC(C)C. The van der Waals surface area contributed by atoms with Crippen molar-refractivity contribution in [1.82, 2.24) is 15.1 Å². The topological polar surface area (TPSA) is 29.9 Å². The lowest BCUT2D eigenvalue weighted by atomic mass is 10.1. The Kier molecular flexibility index (Phi) is 4.54. The van der Waals surface area contributed by atoms with Crippen molar-refractivity contribution in [2.75, 3.05) is 6.54 Å². The molecule has 92 valence electrons. The van der Waals surface area contributed by atoms with Crippen LogP contribution in [-0.2, 0) is 6.42 Å². The molecule has 1 aromatic heterocycles. The third-order valence-electron chi connectivity index (χ3n) is 2.89. The van der Waals surface area contributed by atoms with Crippen LogP contribution in [0.4, 0.5) is 0 Å². The minimum Gasteiger partial charge on any atom is -0.314 e. The minimum atomic E-state index is 0.450. The van der Waals surface area contributed by atoms with Gasteiger partial charge in [-0.3, -0.25) is 4.68 Å². The molecule has 0 aliphatic carbocycles. The summed E-state index contributed by atoms with van der Waals surface area (Å²) in [6, 6.07) is 1.01. The molecule has 0 aliphatic rings. The fourth-order valence-corrected chi connectivity index (χ4v) is 2.05. The molecule has 0 amide bonds. The average molecular weight is 223 g/mol. The summed E-state index contributed by atoms with van der Waals surface area (Å²) < 4.78 is 2.13. The van der Waals surface area contributed by atoms with Crippen LogP contribution in [-0.4, -0.2) is 22.4 Å². The molecular weight excluding hydrogens is 198 g/mol. The Balaban J connectivity index is 2.72. The van der Waals surface area contributed by atoms with Crippen molar-refractivity contribution in [3.8, 4) is 0 Å². The second kappa shape index (κ2) is 5.48. The highest BCUT2D eigenvalue weighted by Crippen LogP contribution is 2.17. The molecule has 0 saturated heterocycles. The van der Waals surface area contributed by atoms with E-state index in [1.54, 1.807) is 0 Å². The number of nitrogens with zero attached hydrogens (tertiary/aromatic N) is 2. The first-order valence-electron chi connectivity index (χ1n) is 6.21. The highest BCUT2D eigenvalue weighted by Gasteiger charge is 2.12. The second-order valence-electron chi connectivity index (χ2n) is 5.05. The highest BCUT2D eigenvalue weighted by atomic mass is 15.3. The summed E-state index contributed by atoms with van der Waals surface area (Å²) in [6.45, 7) is 14.0. The van der Waals surface area contributed by atoms with Crippen molar-refractivity contribution in [1.29, 1.82) is 0 Å². The summed E-state index contributed by atoms with van der Waals surface area (Å²) in [5, 5.41) is 8.05. The van der Waals surface area contributed by atoms with Gasteiger partial charge in [-0.1, -0.05) is 13.8 Å². The van der Waals surface area contributed by atoms with Gasteiger partial charge < -0.3 is 5.32 Å². The van der Waals surface area contributed by atoms with Gasteiger partial charge in [-0.05, 0) is 46.2 Å². The fraction of sp³-hybridized carbons (Fsp3) is 0.769. The van der Waals surface area contributed by atoms with Gasteiger partial charge in [-0.25, -0.2) is 0 Å². The van der Waals surface area contributed by atoms with Crippen LogP contribution in [0.3, 0.4) is 0 Å². The molecule has 3 heteroatoms. The third kappa shape index (κ3) is 3.08. The van der Waals surface area contributed by atoms with Crippen molar-refractivity contribution >= 4 is 0 Å². The molecule has 0 saturated carbocycles. The Morgan fingerprint density at radius 3 is 2.25 bits per heavy atom. The molecule has 3 nitrogen and oxygen atoms in total. The summed E-state index contributed by atoms with van der Waals surface area (Å²) in [5.74, 6) is 0. The Hall–Kier alpha value is -0.830. The molecule has 0 radical (unpaired) electrons. The second-order valence-corrected chi connectivity index (χ2v) is 5.05. The zero-order valence-electron chi connectivity index (χ0n) is 11.5. The van der Waals surface area contributed by atoms with Crippen LogP contribution in [0.25, 0.3) is 0 Å². The molecule has 1 rings (SSSR count). The molecule has 1 heterocycles. The molecular formula is C13H25N3. The summed E-state index contributed by atoms with van der Waals surface area (Å²) >= 11 is 0. The average Bonchev–Trinajstić information content (AvgIpc) is 2.44. The maximum atomic E-state index is 4.60. The minimum absolute atomic E-state index is 0.450. The molecule has 0 spiro atoms. The molecule has 0 unspecified atom stereocenters. The summed E-state index contributed by atoms with van der Waals surface area (Å²) in [4.78, 5) is 0. The van der Waals surface area contributed by atoms with E-state index in [4.69, 9.17) is 0 Å². The smallest absolute Gasteiger partial charge is 0.0629 e. The zero-order chi connectivity index (χ0) is 12.3. The van der Waals surface area contributed by atoms with Crippen molar-refractivity contribution in [2.24, 2.45) is 0 Å². The monoisotopic (exact) mass is 223 g/mol. The Morgan fingerprint density at radius 1 is 1.19 bits per heavy atom. The first-order valence-corrected chi connectivity index (χ1v) is 6.21. The van der Waals surface area contributed by atoms with E-state index in [0.29, 0.717) is 12.1 Å².